The Bertz CT molecular complexity index is 344. The molecule has 1 N–H and O–H groups in total. The van der Waals surface area contributed by atoms with Gasteiger partial charge in [0.2, 0.25) is 5.91 Å². The van der Waals surface area contributed by atoms with Crippen LogP contribution in [0.1, 0.15) is 26.2 Å². The van der Waals surface area contributed by atoms with Gasteiger partial charge in [0.1, 0.15) is 0 Å². The molecule has 0 saturated carbocycles. The van der Waals surface area contributed by atoms with Gasteiger partial charge in [-0.2, -0.15) is 10.5 Å². The fraction of sp³-hybridized carbons (Fsp3) is 0.750. The van der Waals surface area contributed by atoms with Gasteiger partial charge in [0, 0.05) is 19.6 Å². The molecule has 0 aromatic heterocycles. The number of likely N-dealkylation sites (tertiary alicyclic amines) is 1. The summed E-state index contributed by atoms with van der Waals surface area (Å²) in [7, 11) is 0. The first-order valence-corrected chi connectivity index (χ1v) is 5.87. The van der Waals surface area contributed by atoms with E-state index >= 15 is 0 Å². The van der Waals surface area contributed by atoms with Crippen LogP contribution in [0, 0.1) is 28.1 Å². The lowest BCUT2D eigenvalue weighted by atomic mass is 9.82. The molecule has 0 aromatic carbocycles. The first kappa shape index (κ1) is 13.5. The van der Waals surface area contributed by atoms with Crippen LogP contribution < -0.4 is 5.32 Å². The summed E-state index contributed by atoms with van der Waals surface area (Å²) in [5, 5.41) is 20.0. The highest BCUT2D eigenvalue weighted by Gasteiger charge is 2.30. The molecule has 0 bridgehead atoms. The zero-order valence-corrected chi connectivity index (χ0v) is 10.2. The maximum absolute atomic E-state index is 11.5. The van der Waals surface area contributed by atoms with Crippen LogP contribution in [-0.2, 0) is 4.79 Å². The van der Waals surface area contributed by atoms with Gasteiger partial charge in [-0.1, -0.05) is 0 Å². The summed E-state index contributed by atoms with van der Waals surface area (Å²) in [6.07, 6.45) is 1.97. The summed E-state index contributed by atoms with van der Waals surface area (Å²) >= 11 is 0. The summed E-state index contributed by atoms with van der Waals surface area (Å²) in [6, 6.07) is 4.31. The minimum absolute atomic E-state index is 0.0409. The van der Waals surface area contributed by atoms with Crippen LogP contribution in [0.25, 0.3) is 0 Å². The SMILES string of the molecule is CC1(C#N)CCN(CC(=O)NCCC#N)CC1. The Hall–Kier alpha value is -1.59. The van der Waals surface area contributed by atoms with Crippen LogP contribution in [0.15, 0.2) is 0 Å². The van der Waals surface area contributed by atoms with Crippen LogP contribution in [0.5, 0.6) is 0 Å². The van der Waals surface area contributed by atoms with Gasteiger partial charge < -0.3 is 5.32 Å². The van der Waals surface area contributed by atoms with E-state index in [0.29, 0.717) is 19.5 Å². The third kappa shape index (κ3) is 4.42. The van der Waals surface area contributed by atoms with Gasteiger partial charge in [-0.15, -0.1) is 0 Å². The number of carbonyl (C=O) groups excluding carboxylic acids is 1. The smallest absolute Gasteiger partial charge is 0.234 e. The Balaban J connectivity index is 2.25. The molecule has 1 aliphatic rings. The number of hydrogen-bond donors (Lipinski definition) is 1. The number of rotatable bonds is 4. The Morgan fingerprint density at radius 3 is 2.59 bits per heavy atom. The first-order chi connectivity index (χ1) is 8.09. The van der Waals surface area contributed by atoms with Gasteiger partial charge >= 0.3 is 0 Å². The van der Waals surface area contributed by atoms with Crippen molar-refractivity contribution in [3.8, 4) is 12.1 Å². The lowest BCUT2D eigenvalue weighted by molar-refractivity contribution is -0.122. The Labute approximate surface area is 102 Å². The molecule has 0 spiro atoms. The molecular formula is C12H18N4O. The highest BCUT2D eigenvalue weighted by Crippen LogP contribution is 2.29. The Morgan fingerprint density at radius 1 is 1.41 bits per heavy atom. The van der Waals surface area contributed by atoms with E-state index in [0.717, 1.165) is 25.9 Å². The molecule has 0 aliphatic carbocycles. The second-order valence-electron chi connectivity index (χ2n) is 4.71. The molecule has 0 atom stereocenters. The maximum atomic E-state index is 11.5. The van der Waals surface area contributed by atoms with E-state index in [1.807, 2.05) is 13.0 Å². The summed E-state index contributed by atoms with van der Waals surface area (Å²) in [4.78, 5) is 13.5. The van der Waals surface area contributed by atoms with E-state index in [4.69, 9.17) is 10.5 Å². The number of nitrogens with one attached hydrogen (secondary N) is 1. The summed E-state index contributed by atoms with van der Waals surface area (Å²) in [5.74, 6) is -0.0409. The van der Waals surface area contributed by atoms with Crippen molar-refractivity contribution in [2.45, 2.75) is 26.2 Å². The van der Waals surface area contributed by atoms with Crippen LogP contribution in [0.4, 0.5) is 0 Å². The molecule has 17 heavy (non-hydrogen) atoms. The number of amides is 1. The fourth-order valence-electron chi connectivity index (χ4n) is 1.83. The number of hydrogen-bond acceptors (Lipinski definition) is 4. The van der Waals surface area contributed by atoms with E-state index in [-0.39, 0.29) is 11.3 Å². The van der Waals surface area contributed by atoms with E-state index in [9.17, 15) is 4.79 Å². The number of nitrogens with zero attached hydrogens (tertiary/aromatic N) is 3. The molecule has 1 rings (SSSR count). The normalized spacial score (nSPS) is 19.0. The average Bonchev–Trinajstić information content (AvgIpc) is 2.33. The van der Waals surface area contributed by atoms with Crippen molar-refractivity contribution in [2.24, 2.45) is 5.41 Å². The summed E-state index contributed by atoms with van der Waals surface area (Å²) in [5.41, 5.74) is -0.228. The summed E-state index contributed by atoms with van der Waals surface area (Å²) < 4.78 is 0. The molecule has 0 aromatic rings. The Kier molecular flexibility index (Phi) is 4.93. The standard InChI is InChI=1S/C12H18N4O/c1-12(10-14)3-7-16(8-4-12)9-11(17)15-6-2-5-13/h2-4,6-9H2,1H3,(H,15,17). The minimum Gasteiger partial charge on any atom is -0.354 e. The van der Waals surface area contributed by atoms with Crippen LogP contribution >= 0.6 is 0 Å². The lowest BCUT2D eigenvalue weighted by Gasteiger charge is -2.34. The van der Waals surface area contributed by atoms with Crippen molar-refractivity contribution in [3.63, 3.8) is 0 Å². The van der Waals surface area contributed by atoms with Crippen molar-refractivity contribution in [3.05, 3.63) is 0 Å². The van der Waals surface area contributed by atoms with Gasteiger partial charge in [0.05, 0.1) is 30.5 Å². The van der Waals surface area contributed by atoms with Crippen molar-refractivity contribution < 1.29 is 4.79 Å². The maximum Gasteiger partial charge on any atom is 0.234 e. The second kappa shape index (κ2) is 6.22. The second-order valence-corrected chi connectivity index (χ2v) is 4.71. The highest BCUT2D eigenvalue weighted by molar-refractivity contribution is 5.78. The Morgan fingerprint density at radius 2 is 2.06 bits per heavy atom. The third-order valence-corrected chi connectivity index (χ3v) is 3.16. The molecule has 0 unspecified atom stereocenters. The van der Waals surface area contributed by atoms with E-state index in [1.165, 1.54) is 0 Å². The molecule has 1 heterocycles. The predicted molar refractivity (Wildman–Crippen MR) is 62.6 cm³/mol. The van der Waals surface area contributed by atoms with Gasteiger partial charge in [-0.05, 0) is 19.8 Å². The molecule has 1 amide bonds. The van der Waals surface area contributed by atoms with Gasteiger partial charge in [-0.3, -0.25) is 9.69 Å². The highest BCUT2D eigenvalue weighted by atomic mass is 16.2. The molecule has 1 saturated heterocycles. The third-order valence-electron chi connectivity index (χ3n) is 3.16. The van der Waals surface area contributed by atoms with E-state index in [2.05, 4.69) is 16.3 Å². The predicted octanol–water partition coefficient (Wildman–Crippen LogP) is 0.642. The lowest BCUT2D eigenvalue weighted by Crippen LogP contribution is -2.43. The summed E-state index contributed by atoms with van der Waals surface area (Å²) in [6.45, 7) is 4.33. The van der Waals surface area contributed by atoms with Crippen LogP contribution in [0.3, 0.4) is 0 Å². The van der Waals surface area contributed by atoms with E-state index in [1.54, 1.807) is 0 Å². The van der Waals surface area contributed by atoms with Gasteiger partial charge in [-0.25, -0.2) is 0 Å². The van der Waals surface area contributed by atoms with Crippen molar-refractivity contribution in [2.75, 3.05) is 26.2 Å². The fourth-order valence-corrected chi connectivity index (χ4v) is 1.83. The number of piperidine rings is 1. The first-order valence-electron chi connectivity index (χ1n) is 5.87. The molecule has 1 aliphatic heterocycles. The molecule has 1 fully saturated rings. The zero-order valence-electron chi connectivity index (χ0n) is 10.2. The van der Waals surface area contributed by atoms with Crippen LogP contribution in [0.2, 0.25) is 0 Å². The quantitative estimate of drug-likeness (QED) is 0.724. The minimum atomic E-state index is -0.228. The number of nitriles is 2. The molecular weight excluding hydrogens is 216 g/mol. The van der Waals surface area contributed by atoms with E-state index < -0.39 is 0 Å². The van der Waals surface area contributed by atoms with Gasteiger partial charge in [0.25, 0.3) is 0 Å². The average molecular weight is 234 g/mol. The number of carbonyl (C=O) groups is 1. The molecule has 0 radical (unpaired) electrons. The largest absolute Gasteiger partial charge is 0.354 e. The van der Waals surface area contributed by atoms with Gasteiger partial charge in [0.15, 0.2) is 0 Å². The van der Waals surface area contributed by atoms with Crippen molar-refractivity contribution in [1.82, 2.24) is 10.2 Å². The molecule has 5 heteroatoms. The van der Waals surface area contributed by atoms with Crippen molar-refractivity contribution >= 4 is 5.91 Å². The molecule has 5 nitrogen and oxygen atoms in total. The van der Waals surface area contributed by atoms with Crippen molar-refractivity contribution in [1.29, 1.82) is 10.5 Å². The molecule has 92 valence electrons. The topological polar surface area (TPSA) is 79.9 Å². The zero-order chi connectivity index (χ0) is 12.7. The monoisotopic (exact) mass is 234 g/mol. The van der Waals surface area contributed by atoms with Crippen LogP contribution in [-0.4, -0.2) is 37.0 Å².